The van der Waals surface area contributed by atoms with Crippen LogP contribution in [0.2, 0.25) is 0 Å². The van der Waals surface area contributed by atoms with Gasteiger partial charge in [0.05, 0.1) is 40.3 Å². The molecule has 2 N–H and O–H groups in total. The molecule has 9 nitrogen and oxygen atoms in total. The molecule has 148 valence electrons. The second kappa shape index (κ2) is 9.81. The van der Waals surface area contributed by atoms with E-state index < -0.39 is 11.8 Å². The van der Waals surface area contributed by atoms with Crippen LogP contribution in [-0.2, 0) is 9.59 Å². The highest BCUT2D eigenvalue weighted by atomic mass is 16.5. The molecule has 0 atom stereocenters. The Kier molecular flexibility index (Phi) is 7.21. The Morgan fingerprint density at radius 3 is 2.07 bits per heavy atom. The van der Waals surface area contributed by atoms with E-state index in [-0.39, 0.29) is 0 Å². The Morgan fingerprint density at radius 2 is 1.43 bits per heavy atom. The number of nitrogens with one attached hydrogen (secondary N) is 2. The zero-order valence-electron chi connectivity index (χ0n) is 15.9. The van der Waals surface area contributed by atoms with Crippen LogP contribution < -0.4 is 29.7 Å². The topological polar surface area (TPSA) is 107 Å². The van der Waals surface area contributed by atoms with Crippen molar-refractivity contribution in [3.05, 3.63) is 42.0 Å². The normalized spacial score (nSPS) is 10.3. The fourth-order valence-corrected chi connectivity index (χ4v) is 2.29. The van der Waals surface area contributed by atoms with Gasteiger partial charge >= 0.3 is 11.8 Å². The minimum atomic E-state index is -0.943. The fourth-order valence-electron chi connectivity index (χ4n) is 2.29. The quantitative estimate of drug-likeness (QED) is 0.426. The van der Waals surface area contributed by atoms with E-state index in [0.717, 1.165) is 0 Å². The maximum absolute atomic E-state index is 12.0. The van der Waals surface area contributed by atoms with Crippen LogP contribution in [0.5, 0.6) is 23.0 Å². The molecule has 2 rings (SSSR count). The molecular formula is C19H21N3O6. The van der Waals surface area contributed by atoms with Crippen molar-refractivity contribution in [2.75, 3.05) is 33.8 Å². The Morgan fingerprint density at radius 1 is 0.821 bits per heavy atom. The molecule has 0 aliphatic heterocycles. The number of hydrogen-bond donors (Lipinski definition) is 2. The van der Waals surface area contributed by atoms with Gasteiger partial charge in [-0.25, -0.2) is 5.43 Å². The van der Waals surface area contributed by atoms with E-state index in [1.54, 1.807) is 36.4 Å². The summed E-state index contributed by atoms with van der Waals surface area (Å²) in [7, 11) is 5.95. The number of ether oxygens (including phenoxy) is 4. The molecule has 2 aromatic carbocycles. The molecule has 0 radical (unpaired) electrons. The van der Waals surface area contributed by atoms with Gasteiger partial charge in [-0.15, -0.1) is 0 Å². The van der Waals surface area contributed by atoms with Crippen molar-refractivity contribution >= 4 is 23.7 Å². The van der Waals surface area contributed by atoms with Crippen molar-refractivity contribution in [1.82, 2.24) is 5.43 Å². The van der Waals surface area contributed by atoms with Gasteiger partial charge in [0.15, 0.2) is 11.5 Å². The van der Waals surface area contributed by atoms with Crippen molar-refractivity contribution in [3.63, 3.8) is 0 Å². The number of benzene rings is 2. The molecule has 0 saturated heterocycles. The lowest BCUT2D eigenvalue weighted by molar-refractivity contribution is -0.136. The van der Waals surface area contributed by atoms with Gasteiger partial charge in [-0.1, -0.05) is 12.1 Å². The van der Waals surface area contributed by atoms with Gasteiger partial charge in [-0.2, -0.15) is 5.10 Å². The van der Waals surface area contributed by atoms with Crippen molar-refractivity contribution in [3.8, 4) is 23.0 Å². The zero-order valence-corrected chi connectivity index (χ0v) is 15.9. The van der Waals surface area contributed by atoms with Gasteiger partial charge in [0.1, 0.15) is 11.5 Å². The minimum absolute atomic E-state index is 0.371. The van der Waals surface area contributed by atoms with Crippen LogP contribution >= 0.6 is 0 Å². The van der Waals surface area contributed by atoms with E-state index in [1.807, 2.05) is 0 Å². The van der Waals surface area contributed by atoms with Crippen LogP contribution in [0.15, 0.2) is 41.5 Å². The summed E-state index contributed by atoms with van der Waals surface area (Å²) in [6.07, 6.45) is 1.33. The molecule has 9 heteroatoms. The highest BCUT2D eigenvalue weighted by Gasteiger charge is 2.15. The SMILES string of the molecule is COc1cc(OC)c(OC)cc1/C=N\NC(=O)C(=O)Nc1ccccc1OC. The molecule has 0 aromatic heterocycles. The maximum atomic E-state index is 12.0. The number of carbonyl (C=O) groups is 2. The van der Waals surface area contributed by atoms with E-state index in [4.69, 9.17) is 18.9 Å². The van der Waals surface area contributed by atoms with Crippen LogP contribution in [0.1, 0.15) is 5.56 Å². The van der Waals surface area contributed by atoms with E-state index >= 15 is 0 Å². The number of amides is 2. The van der Waals surface area contributed by atoms with Gasteiger partial charge in [0, 0.05) is 11.6 Å². The highest BCUT2D eigenvalue weighted by molar-refractivity contribution is 6.39. The summed E-state index contributed by atoms with van der Waals surface area (Å²) in [4.78, 5) is 24.0. The summed E-state index contributed by atoms with van der Waals surface area (Å²) in [5.41, 5.74) is 3.05. The minimum Gasteiger partial charge on any atom is -0.496 e. The number of hydrogen-bond acceptors (Lipinski definition) is 7. The molecule has 0 saturated carbocycles. The standard InChI is InChI=1S/C19H21N3O6/c1-25-14-8-6-5-7-13(14)21-18(23)19(24)22-20-11-12-9-16(27-3)17(28-4)10-15(12)26-2/h5-11H,1-4H3,(H,21,23)(H,22,24)/b20-11-. The summed E-state index contributed by atoms with van der Waals surface area (Å²) in [6.45, 7) is 0. The molecule has 0 aliphatic rings. The number of hydrazone groups is 1. The number of para-hydroxylation sites is 2. The number of rotatable bonds is 7. The molecule has 0 heterocycles. The van der Waals surface area contributed by atoms with Crippen molar-refractivity contribution in [1.29, 1.82) is 0 Å². The van der Waals surface area contributed by atoms with E-state index in [0.29, 0.717) is 34.2 Å². The molecule has 28 heavy (non-hydrogen) atoms. The summed E-state index contributed by atoms with van der Waals surface area (Å²) < 4.78 is 20.8. The van der Waals surface area contributed by atoms with Gasteiger partial charge in [0.25, 0.3) is 0 Å². The van der Waals surface area contributed by atoms with E-state index in [9.17, 15) is 9.59 Å². The van der Waals surface area contributed by atoms with Gasteiger partial charge in [-0.05, 0) is 18.2 Å². The second-order valence-corrected chi connectivity index (χ2v) is 5.30. The Bertz CT molecular complexity index is 882. The van der Waals surface area contributed by atoms with Crippen LogP contribution in [0.4, 0.5) is 5.69 Å². The molecule has 0 aliphatic carbocycles. The molecule has 0 bridgehead atoms. The van der Waals surface area contributed by atoms with Crippen LogP contribution in [-0.4, -0.2) is 46.5 Å². The average Bonchev–Trinajstić information content (AvgIpc) is 2.73. The Labute approximate surface area is 162 Å². The summed E-state index contributed by atoms with van der Waals surface area (Å²) in [5, 5.41) is 6.25. The third-order valence-electron chi connectivity index (χ3n) is 3.67. The van der Waals surface area contributed by atoms with Crippen molar-refractivity contribution in [2.24, 2.45) is 5.10 Å². The lowest BCUT2D eigenvalue weighted by atomic mass is 10.2. The Hall–Kier alpha value is -3.75. The third-order valence-corrected chi connectivity index (χ3v) is 3.67. The molecule has 0 spiro atoms. The zero-order chi connectivity index (χ0) is 20.5. The molecule has 2 aromatic rings. The first-order valence-corrected chi connectivity index (χ1v) is 8.11. The van der Waals surface area contributed by atoms with Crippen LogP contribution in [0, 0.1) is 0 Å². The van der Waals surface area contributed by atoms with Crippen LogP contribution in [0.3, 0.4) is 0 Å². The number of carbonyl (C=O) groups excluding carboxylic acids is 2. The lowest BCUT2D eigenvalue weighted by Crippen LogP contribution is -2.32. The maximum Gasteiger partial charge on any atom is 0.329 e. The largest absolute Gasteiger partial charge is 0.496 e. The van der Waals surface area contributed by atoms with Crippen molar-refractivity contribution in [2.45, 2.75) is 0 Å². The first kappa shape index (κ1) is 20.6. The van der Waals surface area contributed by atoms with Gasteiger partial charge in [0.2, 0.25) is 0 Å². The first-order valence-electron chi connectivity index (χ1n) is 8.11. The number of nitrogens with zero attached hydrogens (tertiary/aromatic N) is 1. The second-order valence-electron chi connectivity index (χ2n) is 5.30. The molecule has 2 amide bonds. The van der Waals surface area contributed by atoms with Crippen LogP contribution in [0.25, 0.3) is 0 Å². The van der Waals surface area contributed by atoms with Gasteiger partial charge in [-0.3, -0.25) is 9.59 Å². The molecule has 0 unspecified atom stereocenters. The lowest BCUT2D eigenvalue weighted by Gasteiger charge is -2.11. The van der Waals surface area contributed by atoms with Crippen molar-refractivity contribution < 1.29 is 28.5 Å². The monoisotopic (exact) mass is 387 g/mol. The predicted octanol–water partition coefficient (Wildman–Crippen LogP) is 1.81. The number of methoxy groups -OCH3 is 4. The molecular weight excluding hydrogens is 366 g/mol. The smallest absolute Gasteiger partial charge is 0.329 e. The predicted molar refractivity (Wildman–Crippen MR) is 103 cm³/mol. The van der Waals surface area contributed by atoms with Gasteiger partial charge < -0.3 is 24.3 Å². The third kappa shape index (κ3) is 4.91. The summed E-state index contributed by atoms with van der Waals surface area (Å²) in [5.74, 6) is 0.000535. The number of anilines is 1. The van der Waals surface area contributed by atoms with E-state index in [2.05, 4.69) is 15.8 Å². The fraction of sp³-hybridized carbons (Fsp3) is 0.211. The Balaban J connectivity index is 2.07. The first-order chi connectivity index (χ1) is 13.5. The summed E-state index contributed by atoms with van der Waals surface area (Å²) >= 11 is 0. The molecule has 0 fully saturated rings. The van der Waals surface area contributed by atoms with E-state index in [1.165, 1.54) is 34.7 Å². The average molecular weight is 387 g/mol. The highest BCUT2D eigenvalue weighted by Crippen LogP contribution is 2.33. The summed E-state index contributed by atoms with van der Waals surface area (Å²) in [6, 6.07) is 9.97.